The molecule has 7 nitrogen and oxygen atoms in total. The summed E-state index contributed by atoms with van der Waals surface area (Å²) in [5, 5.41) is 11.2. The summed E-state index contributed by atoms with van der Waals surface area (Å²) >= 11 is 1.28. The number of benzene rings is 1. The average Bonchev–Trinajstić information content (AvgIpc) is 3.34. The van der Waals surface area contributed by atoms with Gasteiger partial charge in [0.1, 0.15) is 5.82 Å². The lowest BCUT2D eigenvalue weighted by atomic mass is 10.2. The third kappa shape index (κ3) is 6.59. The first-order valence-electron chi connectivity index (χ1n) is 9.23. The van der Waals surface area contributed by atoms with E-state index in [9.17, 15) is 22.4 Å². The number of carbonyl (C=O) groups excluding carboxylic acids is 1. The van der Waals surface area contributed by atoms with Crippen molar-refractivity contribution in [1.82, 2.24) is 20.1 Å². The molecule has 30 heavy (non-hydrogen) atoms. The van der Waals surface area contributed by atoms with Crippen molar-refractivity contribution in [2.24, 2.45) is 0 Å². The van der Waals surface area contributed by atoms with E-state index in [-0.39, 0.29) is 18.5 Å². The van der Waals surface area contributed by atoms with Crippen molar-refractivity contribution in [3.63, 3.8) is 0 Å². The van der Waals surface area contributed by atoms with Gasteiger partial charge in [-0.1, -0.05) is 11.8 Å². The maximum atomic E-state index is 13.3. The number of halogens is 4. The van der Waals surface area contributed by atoms with Crippen molar-refractivity contribution < 1.29 is 31.8 Å². The van der Waals surface area contributed by atoms with Crippen LogP contribution in [0.3, 0.4) is 0 Å². The lowest BCUT2D eigenvalue weighted by molar-refractivity contribution is -0.160. The van der Waals surface area contributed by atoms with E-state index in [1.807, 2.05) is 4.57 Å². The van der Waals surface area contributed by atoms with Gasteiger partial charge in [0.05, 0.1) is 12.6 Å². The third-order valence-electron chi connectivity index (χ3n) is 4.20. The van der Waals surface area contributed by atoms with E-state index in [0.29, 0.717) is 35.4 Å². The largest absolute Gasteiger partial charge is 0.440 e. The first-order chi connectivity index (χ1) is 14.3. The molecule has 12 heteroatoms. The molecule has 0 aliphatic carbocycles. The Hall–Kier alpha value is -2.34. The Kier molecular flexibility index (Phi) is 7.53. The van der Waals surface area contributed by atoms with Gasteiger partial charge < -0.3 is 14.8 Å². The number of alkyl halides is 3. The molecule has 1 unspecified atom stereocenters. The lowest BCUT2D eigenvalue weighted by Crippen LogP contribution is -2.30. The molecule has 1 aromatic carbocycles. The molecule has 0 spiro atoms. The summed E-state index contributed by atoms with van der Waals surface area (Å²) in [6.07, 6.45) is -3.83. The standard InChI is InChI=1S/C18H20F4N4O3S/c19-13-5-3-12(4-6-13)15-24-25-16(26(15)10-14-2-1-8-28-14)30-9-7-23-17(27)29-11-18(20,21)22/h3-6,14H,1-2,7-11H2,(H,23,27). The van der Waals surface area contributed by atoms with Crippen LogP contribution in [0.25, 0.3) is 11.4 Å². The first kappa shape index (κ1) is 22.3. The highest BCUT2D eigenvalue weighted by Gasteiger charge is 2.29. The number of nitrogens with zero attached hydrogens (tertiary/aromatic N) is 3. The van der Waals surface area contributed by atoms with E-state index in [4.69, 9.17) is 4.74 Å². The monoisotopic (exact) mass is 448 g/mol. The third-order valence-corrected chi connectivity index (χ3v) is 5.17. The SMILES string of the molecule is O=C(NCCSc1nnc(-c2ccc(F)cc2)n1CC1CCCO1)OCC(F)(F)F. The number of carbonyl (C=O) groups is 1. The fourth-order valence-corrected chi connectivity index (χ4v) is 3.66. The van der Waals surface area contributed by atoms with Gasteiger partial charge in [-0.15, -0.1) is 10.2 Å². The van der Waals surface area contributed by atoms with Crippen molar-refractivity contribution in [2.75, 3.05) is 25.5 Å². The molecule has 1 aromatic heterocycles. The van der Waals surface area contributed by atoms with Gasteiger partial charge in [0.2, 0.25) is 0 Å². The zero-order valence-corrected chi connectivity index (χ0v) is 16.6. The Labute approximate surface area is 174 Å². The van der Waals surface area contributed by atoms with Gasteiger partial charge in [-0.2, -0.15) is 13.2 Å². The van der Waals surface area contributed by atoms with Crippen LogP contribution in [0.1, 0.15) is 12.8 Å². The quantitative estimate of drug-likeness (QED) is 0.377. The average molecular weight is 448 g/mol. The molecule has 1 amide bonds. The van der Waals surface area contributed by atoms with Crippen LogP contribution < -0.4 is 5.32 Å². The Bertz CT molecular complexity index is 839. The van der Waals surface area contributed by atoms with Crippen LogP contribution in [-0.4, -0.2) is 58.6 Å². The molecule has 1 N–H and O–H groups in total. The molecule has 2 heterocycles. The molecule has 1 atom stereocenters. The van der Waals surface area contributed by atoms with Crippen LogP contribution in [-0.2, 0) is 16.0 Å². The molecule has 1 fully saturated rings. The molecular formula is C18H20F4N4O3S. The fraction of sp³-hybridized carbons (Fsp3) is 0.500. The summed E-state index contributed by atoms with van der Waals surface area (Å²) in [4.78, 5) is 11.3. The van der Waals surface area contributed by atoms with Crippen molar-refractivity contribution in [2.45, 2.75) is 36.8 Å². The smallest absolute Gasteiger partial charge is 0.422 e. The van der Waals surface area contributed by atoms with Crippen LogP contribution in [0.2, 0.25) is 0 Å². The van der Waals surface area contributed by atoms with Gasteiger partial charge in [0.15, 0.2) is 17.6 Å². The van der Waals surface area contributed by atoms with Crippen molar-refractivity contribution in [3.05, 3.63) is 30.1 Å². The van der Waals surface area contributed by atoms with Crippen LogP contribution >= 0.6 is 11.8 Å². The van der Waals surface area contributed by atoms with Gasteiger partial charge in [-0.3, -0.25) is 4.57 Å². The van der Waals surface area contributed by atoms with E-state index in [2.05, 4.69) is 20.3 Å². The molecule has 1 aliphatic heterocycles. The van der Waals surface area contributed by atoms with Gasteiger partial charge in [-0.05, 0) is 37.1 Å². The lowest BCUT2D eigenvalue weighted by Gasteiger charge is -2.15. The van der Waals surface area contributed by atoms with E-state index < -0.39 is 18.9 Å². The van der Waals surface area contributed by atoms with Gasteiger partial charge in [-0.25, -0.2) is 9.18 Å². The maximum absolute atomic E-state index is 13.3. The molecule has 3 rings (SSSR count). The maximum Gasteiger partial charge on any atom is 0.422 e. The molecule has 2 aromatic rings. The van der Waals surface area contributed by atoms with Crippen LogP contribution in [0.5, 0.6) is 0 Å². The zero-order valence-electron chi connectivity index (χ0n) is 15.8. The zero-order chi connectivity index (χ0) is 21.6. The molecule has 1 saturated heterocycles. The van der Waals surface area contributed by atoms with E-state index in [0.717, 1.165) is 12.8 Å². The predicted octanol–water partition coefficient (Wildman–Crippen LogP) is 3.64. The summed E-state index contributed by atoms with van der Waals surface area (Å²) in [5.41, 5.74) is 0.697. The van der Waals surface area contributed by atoms with Gasteiger partial charge >= 0.3 is 12.3 Å². The summed E-state index contributed by atoms with van der Waals surface area (Å²) in [5.74, 6) is 0.543. The second-order valence-corrected chi connectivity index (χ2v) is 7.59. The highest BCUT2D eigenvalue weighted by atomic mass is 32.2. The Morgan fingerprint density at radius 3 is 2.73 bits per heavy atom. The number of amides is 1. The second-order valence-electron chi connectivity index (χ2n) is 6.53. The second kappa shape index (κ2) is 10.1. The number of hydrogen-bond acceptors (Lipinski definition) is 6. The Morgan fingerprint density at radius 2 is 2.07 bits per heavy atom. The minimum atomic E-state index is -4.57. The summed E-state index contributed by atoms with van der Waals surface area (Å²) in [6, 6.07) is 5.89. The number of alkyl carbamates (subject to hydrolysis) is 1. The van der Waals surface area contributed by atoms with Crippen molar-refractivity contribution in [1.29, 1.82) is 0 Å². The molecule has 164 valence electrons. The fourth-order valence-electron chi connectivity index (χ4n) is 2.86. The topological polar surface area (TPSA) is 78.3 Å². The molecular weight excluding hydrogens is 428 g/mol. The predicted molar refractivity (Wildman–Crippen MR) is 101 cm³/mol. The number of ether oxygens (including phenoxy) is 2. The molecule has 0 saturated carbocycles. The molecule has 1 aliphatic rings. The van der Waals surface area contributed by atoms with Crippen molar-refractivity contribution >= 4 is 17.9 Å². The number of nitrogens with one attached hydrogen (secondary N) is 1. The van der Waals surface area contributed by atoms with Gasteiger partial charge in [0.25, 0.3) is 0 Å². The van der Waals surface area contributed by atoms with E-state index in [1.54, 1.807) is 12.1 Å². The van der Waals surface area contributed by atoms with Gasteiger partial charge in [0, 0.05) is 24.5 Å². The number of thioether (sulfide) groups is 1. The molecule has 0 radical (unpaired) electrons. The highest BCUT2D eigenvalue weighted by molar-refractivity contribution is 7.99. The summed E-state index contributed by atoms with van der Waals surface area (Å²) in [7, 11) is 0. The number of aromatic nitrogens is 3. The summed E-state index contributed by atoms with van der Waals surface area (Å²) < 4.78 is 61.0. The minimum Gasteiger partial charge on any atom is -0.440 e. The molecule has 0 bridgehead atoms. The highest BCUT2D eigenvalue weighted by Crippen LogP contribution is 2.26. The number of rotatable bonds is 8. The van der Waals surface area contributed by atoms with Crippen molar-refractivity contribution in [3.8, 4) is 11.4 Å². The minimum absolute atomic E-state index is 0.00928. The first-order valence-corrected chi connectivity index (χ1v) is 10.2. The Balaban J connectivity index is 1.61. The van der Waals surface area contributed by atoms with E-state index >= 15 is 0 Å². The van der Waals surface area contributed by atoms with Crippen LogP contribution in [0.15, 0.2) is 29.4 Å². The van der Waals surface area contributed by atoms with E-state index in [1.165, 1.54) is 23.9 Å². The van der Waals surface area contributed by atoms with Crippen LogP contribution in [0, 0.1) is 5.82 Å². The summed E-state index contributed by atoms with van der Waals surface area (Å²) in [6.45, 7) is -0.350. The normalized spacial score (nSPS) is 16.6. The number of hydrogen-bond donors (Lipinski definition) is 1. The Morgan fingerprint density at radius 1 is 1.30 bits per heavy atom. The van der Waals surface area contributed by atoms with Crippen LogP contribution in [0.4, 0.5) is 22.4 Å².